The van der Waals surface area contributed by atoms with Gasteiger partial charge in [-0.2, -0.15) is 0 Å². The van der Waals surface area contributed by atoms with Crippen LogP contribution in [-0.4, -0.2) is 39.9 Å². The third-order valence-electron chi connectivity index (χ3n) is 6.04. The Bertz CT molecular complexity index is 1570. The number of hydrogen-bond acceptors (Lipinski definition) is 7. The standard InChI is InChI=1S/C30H29N7O/c1-37(2)19-20-12-13-22(17-31)27(16-20)34-29(38)26-15-14-23(18-32-26)33-30-35-25-11-7-6-10-24(25)28(36-30)21-8-4-3-5-9-21/h3-16,18H,17,19,31H2,1-2H3,(H,34,38)(H,33,35,36). The van der Waals surface area contributed by atoms with Crippen molar-refractivity contribution < 1.29 is 4.79 Å². The number of aromatic nitrogens is 3. The van der Waals surface area contributed by atoms with Crippen LogP contribution in [0.2, 0.25) is 0 Å². The number of hydrogen-bond donors (Lipinski definition) is 3. The number of nitrogens with two attached hydrogens (primary N) is 1. The third kappa shape index (κ3) is 5.67. The number of carbonyl (C=O) groups excluding carboxylic acids is 1. The van der Waals surface area contributed by atoms with Crippen LogP contribution in [0.5, 0.6) is 0 Å². The van der Waals surface area contributed by atoms with E-state index in [1.807, 2.05) is 86.9 Å². The van der Waals surface area contributed by atoms with Crippen molar-refractivity contribution in [2.24, 2.45) is 5.73 Å². The van der Waals surface area contributed by atoms with Gasteiger partial charge in [-0.3, -0.25) is 4.79 Å². The fraction of sp³-hybridized carbons (Fsp3) is 0.133. The van der Waals surface area contributed by atoms with Gasteiger partial charge in [-0.1, -0.05) is 60.7 Å². The van der Waals surface area contributed by atoms with E-state index in [1.54, 1.807) is 18.3 Å². The van der Waals surface area contributed by atoms with Crippen LogP contribution in [0.15, 0.2) is 91.1 Å². The van der Waals surface area contributed by atoms with E-state index in [-0.39, 0.29) is 5.91 Å². The SMILES string of the molecule is CN(C)Cc1ccc(CN)c(NC(=O)c2ccc(Nc3nc(-c4ccccc4)c4ccccc4n3)cn2)c1. The molecule has 2 aromatic heterocycles. The van der Waals surface area contributed by atoms with Crippen molar-refractivity contribution in [1.29, 1.82) is 0 Å². The number of benzene rings is 3. The van der Waals surface area contributed by atoms with Crippen molar-refractivity contribution in [1.82, 2.24) is 19.9 Å². The molecule has 5 rings (SSSR count). The summed E-state index contributed by atoms with van der Waals surface area (Å²) in [6.07, 6.45) is 1.60. The maximum absolute atomic E-state index is 13.0. The van der Waals surface area contributed by atoms with Gasteiger partial charge in [-0.15, -0.1) is 0 Å². The lowest BCUT2D eigenvalue weighted by Crippen LogP contribution is -2.17. The second-order valence-corrected chi connectivity index (χ2v) is 9.22. The molecule has 0 atom stereocenters. The van der Waals surface area contributed by atoms with Crippen LogP contribution in [0.1, 0.15) is 21.6 Å². The summed E-state index contributed by atoms with van der Waals surface area (Å²) < 4.78 is 0. The molecule has 0 saturated carbocycles. The molecule has 3 aromatic carbocycles. The Kier molecular flexibility index (Phi) is 7.35. The molecule has 0 aliphatic heterocycles. The molecule has 0 bridgehead atoms. The largest absolute Gasteiger partial charge is 0.326 e. The van der Waals surface area contributed by atoms with Gasteiger partial charge < -0.3 is 21.3 Å². The first-order valence-corrected chi connectivity index (χ1v) is 12.3. The van der Waals surface area contributed by atoms with Crippen LogP contribution in [0.4, 0.5) is 17.3 Å². The second-order valence-electron chi connectivity index (χ2n) is 9.22. The number of amides is 1. The fourth-order valence-electron chi connectivity index (χ4n) is 4.25. The van der Waals surface area contributed by atoms with E-state index < -0.39 is 0 Å². The molecule has 5 aromatic rings. The Labute approximate surface area is 221 Å². The lowest BCUT2D eigenvalue weighted by molar-refractivity contribution is 0.102. The van der Waals surface area contributed by atoms with Crippen molar-refractivity contribution in [2.45, 2.75) is 13.1 Å². The zero-order valence-electron chi connectivity index (χ0n) is 21.3. The highest BCUT2D eigenvalue weighted by molar-refractivity contribution is 6.03. The van der Waals surface area contributed by atoms with Crippen molar-refractivity contribution in [2.75, 3.05) is 24.7 Å². The summed E-state index contributed by atoms with van der Waals surface area (Å²) in [6.45, 7) is 1.08. The Hall–Kier alpha value is -4.66. The van der Waals surface area contributed by atoms with Gasteiger partial charge in [-0.25, -0.2) is 15.0 Å². The lowest BCUT2D eigenvalue weighted by atomic mass is 10.1. The van der Waals surface area contributed by atoms with Gasteiger partial charge in [-0.05, 0) is 49.5 Å². The molecule has 0 spiro atoms. The molecule has 8 heteroatoms. The third-order valence-corrected chi connectivity index (χ3v) is 6.04. The first-order chi connectivity index (χ1) is 18.5. The summed E-state index contributed by atoms with van der Waals surface area (Å²) in [5, 5.41) is 7.16. The van der Waals surface area contributed by atoms with Crippen LogP contribution in [0, 0.1) is 0 Å². The van der Waals surface area contributed by atoms with E-state index in [1.165, 1.54) is 0 Å². The number of anilines is 3. The minimum atomic E-state index is -0.304. The minimum Gasteiger partial charge on any atom is -0.326 e. The summed E-state index contributed by atoms with van der Waals surface area (Å²) in [4.78, 5) is 28.9. The van der Waals surface area contributed by atoms with Gasteiger partial charge in [0.2, 0.25) is 5.95 Å². The number of nitrogens with zero attached hydrogens (tertiary/aromatic N) is 4. The molecular weight excluding hydrogens is 474 g/mol. The van der Waals surface area contributed by atoms with Crippen LogP contribution in [0.25, 0.3) is 22.2 Å². The quantitative estimate of drug-likeness (QED) is 0.267. The molecule has 0 radical (unpaired) electrons. The number of para-hydroxylation sites is 1. The zero-order chi connectivity index (χ0) is 26.5. The Morgan fingerprint density at radius 3 is 2.45 bits per heavy atom. The highest BCUT2D eigenvalue weighted by atomic mass is 16.1. The first-order valence-electron chi connectivity index (χ1n) is 12.3. The molecule has 1 amide bonds. The molecule has 0 fully saturated rings. The molecule has 0 saturated heterocycles. The fourth-order valence-corrected chi connectivity index (χ4v) is 4.25. The number of rotatable bonds is 8. The maximum Gasteiger partial charge on any atom is 0.274 e. The van der Waals surface area contributed by atoms with E-state index in [4.69, 9.17) is 10.7 Å². The van der Waals surface area contributed by atoms with E-state index in [0.717, 1.165) is 39.8 Å². The number of fused-ring (bicyclic) bond motifs is 1. The van der Waals surface area contributed by atoms with Crippen LogP contribution >= 0.6 is 0 Å². The highest BCUT2D eigenvalue weighted by Gasteiger charge is 2.13. The summed E-state index contributed by atoms with van der Waals surface area (Å²) in [7, 11) is 4.00. The normalized spacial score (nSPS) is 11.1. The number of carbonyl (C=O) groups is 1. The molecule has 4 N–H and O–H groups in total. The van der Waals surface area contributed by atoms with Gasteiger partial charge in [0, 0.05) is 29.7 Å². The van der Waals surface area contributed by atoms with Crippen molar-refractivity contribution >= 4 is 34.1 Å². The zero-order valence-corrected chi connectivity index (χ0v) is 21.3. The Balaban J connectivity index is 1.36. The van der Waals surface area contributed by atoms with Gasteiger partial charge in [0.25, 0.3) is 5.91 Å². The molecule has 0 unspecified atom stereocenters. The molecular formula is C30H29N7O. The maximum atomic E-state index is 13.0. The summed E-state index contributed by atoms with van der Waals surface area (Å²) in [6, 6.07) is 27.3. The molecule has 2 heterocycles. The predicted molar refractivity (Wildman–Crippen MR) is 152 cm³/mol. The van der Waals surface area contributed by atoms with Gasteiger partial charge in [0.05, 0.1) is 23.1 Å². The molecule has 0 aliphatic rings. The topological polar surface area (TPSA) is 109 Å². The van der Waals surface area contributed by atoms with Gasteiger partial charge >= 0.3 is 0 Å². The van der Waals surface area contributed by atoms with Gasteiger partial charge in [0.1, 0.15) is 5.69 Å². The van der Waals surface area contributed by atoms with Gasteiger partial charge in [0.15, 0.2) is 0 Å². The Morgan fingerprint density at radius 2 is 1.71 bits per heavy atom. The van der Waals surface area contributed by atoms with E-state index in [9.17, 15) is 4.79 Å². The summed E-state index contributed by atoms with van der Waals surface area (Å²) in [5.74, 6) is 0.147. The average molecular weight is 504 g/mol. The van der Waals surface area contributed by atoms with Crippen LogP contribution in [0.3, 0.4) is 0 Å². The molecule has 38 heavy (non-hydrogen) atoms. The summed E-state index contributed by atoms with van der Waals surface area (Å²) in [5.41, 5.74) is 12.2. The first kappa shape index (κ1) is 25.0. The predicted octanol–water partition coefficient (Wildman–Crippen LogP) is 5.21. The van der Waals surface area contributed by atoms with Crippen LogP contribution < -0.4 is 16.4 Å². The minimum absolute atomic E-state index is 0.293. The van der Waals surface area contributed by atoms with Crippen LogP contribution in [-0.2, 0) is 13.1 Å². The molecule has 8 nitrogen and oxygen atoms in total. The molecule has 0 aliphatic carbocycles. The second kappa shape index (κ2) is 11.2. The molecule has 190 valence electrons. The van der Waals surface area contributed by atoms with E-state index in [2.05, 4.69) is 25.5 Å². The Morgan fingerprint density at radius 1 is 0.921 bits per heavy atom. The van der Waals surface area contributed by atoms with Crippen molar-refractivity contribution in [3.05, 3.63) is 108 Å². The van der Waals surface area contributed by atoms with E-state index >= 15 is 0 Å². The van der Waals surface area contributed by atoms with E-state index in [0.29, 0.717) is 29.6 Å². The smallest absolute Gasteiger partial charge is 0.274 e. The average Bonchev–Trinajstić information content (AvgIpc) is 2.93. The monoisotopic (exact) mass is 503 g/mol. The van der Waals surface area contributed by atoms with Crippen molar-refractivity contribution in [3.8, 4) is 11.3 Å². The number of pyridine rings is 1. The summed E-state index contributed by atoms with van der Waals surface area (Å²) >= 11 is 0. The van der Waals surface area contributed by atoms with Crippen molar-refractivity contribution in [3.63, 3.8) is 0 Å². The lowest BCUT2D eigenvalue weighted by Gasteiger charge is -2.14. The highest BCUT2D eigenvalue weighted by Crippen LogP contribution is 2.28. The number of nitrogens with one attached hydrogen (secondary N) is 2.